The minimum absolute atomic E-state index is 0.0989. The Morgan fingerprint density at radius 3 is 2.70 bits per heavy atom. The number of hydrogen-bond acceptors (Lipinski definition) is 4. The van der Waals surface area contributed by atoms with Gasteiger partial charge in [0.2, 0.25) is 0 Å². The van der Waals surface area contributed by atoms with Gasteiger partial charge in [0.15, 0.2) is 0 Å². The van der Waals surface area contributed by atoms with E-state index in [1.165, 1.54) is 32.1 Å². The van der Waals surface area contributed by atoms with Crippen LogP contribution in [0.15, 0.2) is 34.2 Å². The summed E-state index contributed by atoms with van der Waals surface area (Å²) in [5.74, 6) is 1.18. The summed E-state index contributed by atoms with van der Waals surface area (Å²) in [7, 11) is -3.48. The van der Waals surface area contributed by atoms with Gasteiger partial charge < -0.3 is 5.11 Å². The second kappa shape index (κ2) is 7.01. The summed E-state index contributed by atoms with van der Waals surface area (Å²) >= 11 is 0. The van der Waals surface area contributed by atoms with Crippen molar-refractivity contribution in [3.8, 4) is 0 Å². The molecule has 5 nitrogen and oxygen atoms in total. The maximum Gasteiger partial charge on any atom is 0.263 e. The topological polar surface area (TPSA) is 78.8 Å². The zero-order valence-electron chi connectivity index (χ0n) is 13.2. The first-order valence-corrected chi connectivity index (χ1v) is 9.86. The molecule has 1 aromatic rings. The van der Waals surface area contributed by atoms with E-state index in [9.17, 15) is 13.5 Å². The molecule has 0 spiro atoms. The van der Waals surface area contributed by atoms with Crippen molar-refractivity contribution in [2.24, 2.45) is 16.8 Å². The lowest BCUT2D eigenvalue weighted by molar-refractivity contribution is 0.190. The lowest BCUT2D eigenvalue weighted by Crippen LogP contribution is -2.24. The van der Waals surface area contributed by atoms with E-state index in [0.29, 0.717) is 23.9 Å². The number of sulfonamides is 1. The summed E-state index contributed by atoms with van der Waals surface area (Å²) in [6.07, 6.45) is 7.34. The van der Waals surface area contributed by atoms with Crippen LogP contribution in [0.25, 0.3) is 0 Å². The highest BCUT2D eigenvalue weighted by molar-refractivity contribution is 7.90. The molecule has 1 aliphatic heterocycles. The molecule has 6 heteroatoms. The predicted octanol–water partition coefficient (Wildman–Crippen LogP) is 2.30. The summed E-state index contributed by atoms with van der Waals surface area (Å²) in [5.41, 5.74) is 0.627. The van der Waals surface area contributed by atoms with Gasteiger partial charge in [0.25, 0.3) is 10.0 Å². The van der Waals surface area contributed by atoms with Crippen molar-refractivity contribution in [1.29, 1.82) is 0 Å². The average molecular weight is 336 g/mol. The van der Waals surface area contributed by atoms with Crippen LogP contribution in [0.5, 0.6) is 0 Å². The molecule has 3 rings (SSSR count). The third kappa shape index (κ3) is 3.75. The SMILES string of the molecule is O=S1(=O)NC(=NCC(CO)CC2CCCCC2)c2ccccc21. The van der Waals surface area contributed by atoms with Gasteiger partial charge in [0, 0.05) is 24.6 Å². The monoisotopic (exact) mass is 336 g/mol. The number of nitrogens with zero attached hydrogens (tertiary/aromatic N) is 1. The number of aliphatic imine (C=N–C) groups is 1. The normalized spacial score (nSPS) is 23.4. The maximum atomic E-state index is 12.1. The molecular formula is C17H24N2O3S. The molecule has 1 aliphatic carbocycles. The minimum atomic E-state index is -3.48. The fourth-order valence-electron chi connectivity index (χ4n) is 3.57. The standard InChI is InChI=1S/C17H24N2O3S/c20-12-14(10-13-6-2-1-3-7-13)11-18-17-15-8-4-5-9-16(15)23(21,22)19-17/h4-5,8-9,13-14,20H,1-3,6-7,10-12H2,(H,18,19). The smallest absolute Gasteiger partial charge is 0.263 e. The molecule has 2 N–H and O–H groups in total. The molecule has 1 saturated carbocycles. The van der Waals surface area contributed by atoms with Crippen molar-refractivity contribution < 1.29 is 13.5 Å². The van der Waals surface area contributed by atoms with E-state index in [1.807, 2.05) is 6.07 Å². The Morgan fingerprint density at radius 2 is 1.96 bits per heavy atom. The third-order valence-electron chi connectivity index (χ3n) is 4.82. The van der Waals surface area contributed by atoms with Crippen LogP contribution in [-0.4, -0.2) is 32.5 Å². The van der Waals surface area contributed by atoms with Gasteiger partial charge in [-0.25, -0.2) is 8.42 Å². The highest BCUT2D eigenvalue weighted by atomic mass is 32.2. The number of hydrogen-bond donors (Lipinski definition) is 2. The van der Waals surface area contributed by atoms with Crippen molar-refractivity contribution >= 4 is 15.9 Å². The van der Waals surface area contributed by atoms with E-state index in [4.69, 9.17) is 0 Å². The van der Waals surface area contributed by atoms with Crippen molar-refractivity contribution in [2.45, 2.75) is 43.4 Å². The molecule has 0 radical (unpaired) electrons. The van der Waals surface area contributed by atoms with E-state index in [0.717, 1.165) is 6.42 Å². The van der Waals surface area contributed by atoms with Crippen LogP contribution in [0.1, 0.15) is 44.1 Å². The van der Waals surface area contributed by atoms with Crippen molar-refractivity contribution in [2.75, 3.05) is 13.2 Å². The molecule has 1 atom stereocenters. The van der Waals surface area contributed by atoms with Crippen LogP contribution in [-0.2, 0) is 10.0 Å². The summed E-state index contributed by atoms with van der Waals surface area (Å²) in [4.78, 5) is 4.75. The van der Waals surface area contributed by atoms with Gasteiger partial charge in [-0.15, -0.1) is 0 Å². The highest BCUT2D eigenvalue weighted by Gasteiger charge is 2.30. The minimum Gasteiger partial charge on any atom is -0.396 e. The number of nitrogens with one attached hydrogen (secondary N) is 1. The number of rotatable bonds is 5. The Balaban J connectivity index is 1.69. The van der Waals surface area contributed by atoms with Gasteiger partial charge in [-0.2, -0.15) is 0 Å². The molecular weight excluding hydrogens is 312 g/mol. The molecule has 1 heterocycles. The zero-order valence-corrected chi connectivity index (χ0v) is 14.1. The first-order chi connectivity index (χ1) is 11.1. The second-order valence-corrected chi connectivity index (χ2v) is 8.23. The molecule has 23 heavy (non-hydrogen) atoms. The van der Waals surface area contributed by atoms with Crippen molar-refractivity contribution in [3.63, 3.8) is 0 Å². The Kier molecular flexibility index (Phi) is 5.02. The van der Waals surface area contributed by atoms with Crippen LogP contribution >= 0.6 is 0 Å². The molecule has 1 fully saturated rings. The molecule has 2 aliphatic rings. The first-order valence-electron chi connectivity index (χ1n) is 8.37. The lowest BCUT2D eigenvalue weighted by atomic mass is 9.83. The van der Waals surface area contributed by atoms with E-state index >= 15 is 0 Å². The predicted molar refractivity (Wildman–Crippen MR) is 89.9 cm³/mol. The van der Waals surface area contributed by atoms with Gasteiger partial charge in [0.1, 0.15) is 5.84 Å². The summed E-state index contributed by atoms with van der Waals surface area (Å²) in [5, 5.41) is 9.62. The third-order valence-corrected chi connectivity index (χ3v) is 6.22. The van der Waals surface area contributed by atoms with Gasteiger partial charge in [-0.3, -0.25) is 9.71 Å². The van der Waals surface area contributed by atoms with Gasteiger partial charge in [0.05, 0.1) is 4.90 Å². The van der Waals surface area contributed by atoms with Crippen LogP contribution < -0.4 is 4.72 Å². The molecule has 0 saturated heterocycles. The Bertz CT molecular complexity index is 679. The molecule has 0 bridgehead atoms. The average Bonchev–Trinajstić information content (AvgIpc) is 2.84. The number of benzene rings is 1. The first kappa shape index (κ1) is 16.5. The van der Waals surface area contributed by atoms with Gasteiger partial charge in [-0.05, 0) is 24.5 Å². The summed E-state index contributed by atoms with van der Waals surface area (Å²) < 4.78 is 26.6. The van der Waals surface area contributed by atoms with E-state index in [1.54, 1.807) is 18.2 Å². The largest absolute Gasteiger partial charge is 0.396 e. The quantitative estimate of drug-likeness (QED) is 0.866. The van der Waals surface area contributed by atoms with Crippen LogP contribution in [0, 0.1) is 11.8 Å². The molecule has 1 aromatic carbocycles. The van der Waals surface area contributed by atoms with Crippen molar-refractivity contribution in [3.05, 3.63) is 29.8 Å². The van der Waals surface area contributed by atoms with Crippen LogP contribution in [0.2, 0.25) is 0 Å². The van der Waals surface area contributed by atoms with Crippen LogP contribution in [0.4, 0.5) is 0 Å². The fraction of sp³-hybridized carbons (Fsp3) is 0.588. The number of aliphatic hydroxyl groups is 1. The molecule has 0 aromatic heterocycles. The number of amidine groups is 1. The van der Waals surface area contributed by atoms with E-state index in [-0.39, 0.29) is 17.4 Å². The summed E-state index contributed by atoms with van der Waals surface area (Å²) in [6, 6.07) is 6.87. The van der Waals surface area contributed by atoms with Gasteiger partial charge in [-0.1, -0.05) is 44.2 Å². The maximum absolute atomic E-state index is 12.1. The number of fused-ring (bicyclic) bond motifs is 1. The van der Waals surface area contributed by atoms with Crippen LogP contribution in [0.3, 0.4) is 0 Å². The van der Waals surface area contributed by atoms with E-state index < -0.39 is 10.0 Å². The molecule has 1 unspecified atom stereocenters. The van der Waals surface area contributed by atoms with E-state index in [2.05, 4.69) is 9.71 Å². The summed E-state index contributed by atoms with van der Waals surface area (Å²) in [6.45, 7) is 0.556. The Morgan fingerprint density at radius 1 is 1.22 bits per heavy atom. The van der Waals surface area contributed by atoms with Crippen molar-refractivity contribution in [1.82, 2.24) is 4.72 Å². The van der Waals surface area contributed by atoms with Gasteiger partial charge >= 0.3 is 0 Å². The lowest BCUT2D eigenvalue weighted by Gasteiger charge is -2.24. The Labute approximate surface area is 137 Å². The fourth-order valence-corrected chi connectivity index (χ4v) is 4.82. The highest BCUT2D eigenvalue weighted by Crippen LogP contribution is 2.29. The zero-order chi connectivity index (χ0) is 16.3. The Hall–Kier alpha value is -1.40. The molecule has 0 amide bonds. The molecule has 126 valence electrons. The second-order valence-electron chi connectivity index (χ2n) is 6.58. The number of aliphatic hydroxyl groups excluding tert-OH is 1.